The monoisotopic (exact) mass is 369 g/mol. The summed E-state index contributed by atoms with van der Waals surface area (Å²) < 4.78 is 5.44. The van der Waals surface area contributed by atoms with Crippen molar-refractivity contribution in [2.24, 2.45) is 0 Å². The highest BCUT2D eigenvalue weighted by Crippen LogP contribution is 2.25. The van der Waals surface area contributed by atoms with Crippen molar-refractivity contribution < 1.29 is 14.0 Å². The van der Waals surface area contributed by atoms with E-state index in [1.807, 2.05) is 12.1 Å². The first-order valence-electron chi connectivity index (χ1n) is 8.04. The SMILES string of the molecule is Cc1nc2cc(NC(=O)c3ccccc3SCC(=O)N(C)C)ccc2o1. The number of amides is 2. The minimum atomic E-state index is -0.232. The predicted octanol–water partition coefficient (Wildman–Crippen LogP) is 3.57. The molecule has 0 aliphatic heterocycles. The Balaban J connectivity index is 1.77. The fourth-order valence-corrected chi connectivity index (χ4v) is 3.40. The van der Waals surface area contributed by atoms with E-state index in [1.54, 1.807) is 51.4 Å². The molecule has 134 valence electrons. The van der Waals surface area contributed by atoms with Crippen LogP contribution in [0, 0.1) is 6.92 Å². The molecule has 1 N–H and O–H groups in total. The van der Waals surface area contributed by atoms with Gasteiger partial charge in [0.1, 0.15) is 5.52 Å². The van der Waals surface area contributed by atoms with E-state index in [0.29, 0.717) is 28.2 Å². The second-order valence-electron chi connectivity index (χ2n) is 5.94. The number of nitrogens with zero attached hydrogens (tertiary/aromatic N) is 2. The van der Waals surface area contributed by atoms with E-state index >= 15 is 0 Å². The lowest BCUT2D eigenvalue weighted by molar-refractivity contribution is -0.125. The van der Waals surface area contributed by atoms with Crippen LogP contribution in [0.2, 0.25) is 0 Å². The molecule has 0 bridgehead atoms. The molecule has 0 aliphatic rings. The average Bonchev–Trinajstić information content (AvgIpc) is 2.99. The van der Waals surface area contributed by atoms with Gasteiger partial charge in [-0.25, -0.2) is 4.98 Å². The van der Waals surface area contributed by atoms with E-state index in [0.717, 1.165) is 4.90 Å². The highest BCUT2D eigenvalue weighted by atomic mass is 32.2. The fourth-order valence-electron chi connectivity index (χ4n) is 2.37. The first-order valence-corrected chi connectivity index (χ1v) is 9.03. The summed E-state index contributed by atoms with van der Waals surface area (Å²) in [4.78, 5) is 31.1. The molecule has 0 aliphatic carbocycles. The van der Waals surface area contributed by atoms with Gasteiger partial charge in [-0.05, 0) is 30.3 Å². The lowest BCUT2D eigenvalue weighted by Crippen LogP contribution is -2.23. The molecule has 0 atom stereocenters. The average molecular weight is 369 g/mol. The second kappa shape index (κ2) is 7.61. The molecule has 1 heterocycles. The highest BCUT2D eigenvalue weighted by Gasteiger charge is 2.14. The van der Waals surface area contributed by atoms with Crippen LogP contribution in [0.15, 0.2) is 51.8 Å². The Morgan fingerprint density at radius 2 is 1.96 bits per heavy atom. The van der Waals surface area contributed by atoms with E-state index in [1.165, 1.54) is 16.7 Å². The third-order valence-corrected chi connectivity index (χ3v) is 4.79. The summed E-state index contributed by atoms with van der Waals surface area (Å²) in [6.45, 7) is 1.78. The molecule has 2 aromatic carbocycles. The summed E-state index contributed by atoms with van der Waals surface area (Å²) >= 11 is 1.35. The molecule has 1 aromatic heterocycles. The van der Waals surface area contributed by atoms with E-state index < -0.39 is 0 Å². The van der Waals surface area contributed by atoms with Gasteiger partial charge in [0.2, 0.25) is 5.91 Å². The lowest BCUT2D eigenvalue weighted by atomic mass is 10.2. The fraction of sp³-hybridized carbons (Fsp3) is 0.211. The van der Waals surface area contributed by atoms with Crippen LogP contribution in [0.5, 0.6) is 0 Å². The van der Waals surface area contributed by atoms with Crippen LogP contribution >= 0.6 is 11.8 Å². The highest BCUT2D eigenvalue weighted by molar-refractivity contribution is 8.00. The number of benzene rings is 2. The van der Waals surface area contributed by atoms with Gasteiger partial charge in [-0.2, -0.15) is 0 Å². The van der Waals surface area contributed by atoms with Gasteiger partial charge in [0, 0.05) is 31.6 Å². The third kappa shape index (κ3) is 4.05. The zero-order valence-electron chi connectivity index (χ0n) is 14.8. The smallest absolute Gasteiger partial charge is 0.256 e. The van der Waals surface area contributed by atoms with Crippen molar-refractivity contribution in [2.75, 3.05) is 25.2 Å². The van der Waals surface area contributed by atoms with Crippen molar-refractivity contribution >= 4 is 40.4 Å². The summed E-state index contributed by atoms with van der Waals surface area (Å²) in [5.41, 5.74) is 2.54. The van der Waals surface area contributed by atoms with Crippen molar-refractivity contribution in [3.8, 4) is 0 Å². The van der Waals surface area contributed by atoms with Crippen LogP contribution in [0.4, 0.5) is 5.69 Å². The van der Waals surface area contributed by atoms with Gasteiger partial charge in [-0.1, -0.05) is 12.1 Å². The van der Waals surface area contributed by atoms with Gasteiger partial charge in [-0.15, -0.1) is 11.8 Å². The van der Waals surface area contributed by atoms with Crippen LogP contribution in [0.1, 0.15) is 16.2 Å². The number of anilines is 1. The minimum Gasteiger partial charge on any atom is -0.441 e. The number of fused-ring (bicyclic) bond motifs is 1. The molecule has 0 saturated carbocycles. The molecule has 0 fully saturated rings. The molecule has 6 nitrogen and oxygen atoms in total. The Bertz CT molecular complexity index is 966. The first kappa shape index (κ1) is 18.0. The molecule has 3 rings (SSSR count). The van der Waals surface area contributed by atoms with Crippen molar-refractivity contribution in [1.82, 2.24) is 9.88 Å². The summed E-state index contributed by atoms with van der Waals surface area (Å²) in [6.07, 6.45) is 0. The van der Waals surface area contributed by atoms with Crippen molar-refractivity contribution in [2.45, 2.75) is 11.8 Å². The van der Waals surface area contributed by atoms with Crippen LogP contribution in [0.25, 0.3) is 11.1 Å². The molecular weight excluding hydrogens is 350 g/mol. The maximum atomic E-state index is 12.7. The Morgan fingerprint density at radius 1 is 1.19 bits per heavy atom. The molecule has 2 amide bonds. The number of aryl methyl sites for hydroxylation is 1. The molecule has 0 spiro atoms. The standard InChI is InChI=1S/C19H19N3O3S/c1-12-20-15-10-13(8-9-16(15)25-12)21-19(24)14-6-4-5-7-17(14)26-11-18(23)22(2)3/h4-10H,11H2,1-3H3,(H,21,24). The second-order valence-corrected chi connectivity index (χ2v) is 6.96. The maximum absolute atomic E-state index is 12.7. The van der Waals surface area contributed by atoms with E-state index in [2.05, 4.69) is 10.3 Å². The van der Waals surface area contributed by atoms with Crippen LogP contribution in [-0.2, 0) is 4.79 Å². The number of aromatic nitrogens is 1. The summed E-state index contributed by atoms with van der Waals surface area (Å²) in [7, 11) is 3.42. The minimum absolute atomic E-state index is 0.00272. The van der Waals surface area contributed by atoms with Crippen molar-refractivity contribution in [3.05, 3.63) is 53.9 Å². The van der Waals surface area contributed by atoms with E-state index in [9.17, 15) is 9.59 Å². The third-order valence-electron chi connectivity index (χ3n) is 3.73. The van der Waals surface area contributed by atoms with E-state index in [4.69, 9.17) is 4.42 Å². The van der Waals surface area contributed by atoms with Crippen LogP contribution in [0.3, 0.4) is 0 Å². The number of hydrogen-bond acceptors (Lipinski definition) is 5. The molecule has 26 heavy (non-hydrogen) atoms. The van der Waals surface area contributed by atoms with Crippen molar-refractivity contribution in [3.63, 3.8) is 0 Å². The topological polar surface area (TPSA) is 75.4 Å². The molecule has 0 unspecified atom stereocenters. The molecule has 0 radical (unpaired) electrons. The predicted molar refractivity (Wildman–Crippen MR) is 103 cm³/mol. The molecule has 7 heteroatoms. The molecular formula is C19H19N3O3S. The Labute approximate surface area is 155 Å². The summed E-state index contributed by atoms with van der Waals surface area (Å²) in [5, 5.41) is 2.88. The van der Waals surface area contributed by atoms with Crippen molar-refractivity contribution in [1.29, 1.82) is 0 Å². The summed E-state index contributed by atoms with van der Waals surface area (Å²) in [6, 6.07) is 12.6. The Morgan fingerprint density at radius 3 is 2.73 bits per heavy atom. The number of rotatable bonds is 5. The number of carbonyl (C=O) groups is 2. The number of hydrogen-bond donors (Lipinski definition) is 1. The quantitative estimate of drug-likeness (QED) is 0.696. The van der Waals surface area contributed by atoms with Gasteiger partial charge in [0.25, 0.3) is 5.91 Å². The number of thioether (sulfide) groups is 1. The largest absolute Gasteiger partial charge is 0.441 e. The van der Waals surface area contributed by atoms with Gasteiger partial charge < -0.3 is 14.6 Å². The first-order chi connectivity index (χ1) is 12.4. The molecule has 0 saturated heterocycles. The van der Waals surface area contributed by atoms with Gasteiger partial charge in [0.05, 0.1) is 11.3 Å². The number of carbonyl (C=O) groups excluding carboxylic acids is 2. The van der Waals surface area contributed by atoms with E-state index in [-0.39, 0.29) is 17.6 Å². The zero-order chi connectivity index (χ0) is 18.7. The van der Waals surface area contributed by atoms with Gasteiger partial charge in [-0.3, -0.25) is 9.59 Å². The Kier molecular flexibility index (Phi) is 5.27. The van der Waals surface area contributed by atoms with Gasteiger partial charge >= 0.3 is 0 Å². The lowest BCUT2D eigenvalue weighted by Gasteiger charge is -2.12. The van der Waals surface area contributed by atoms with Gasteiger partial charge in [0.15, 0.2) is 11.5 Å². The van der Waals surface area contributed by atoms with Crippen LogP contribution in [-0.4, -0.2) is 41.5 Å². The number of oxazole rings is 1. The normalized spacial score (nSPS) is 10.7. The summed E-state index contributed by atoms with van der Waals surface area (Å²) in [5.74, 6) is 0.624. The van der Waals surface area contributed by atoms with Crippen LogP contribution < -0.4 is 5.32 Å². The zero-order valence-corrected chi connectivity index (χ0v) is 15.6. The number of nitrogens with one attached hydrogen (secondary N) is 1. The maximum Gasteiger partial charge on any atom is 0.256 e. The molecule has 3 aromatic rings. The Hall–Kier alpha value is -2.80.